The van der Waals surface area contributed by atoms with Crippen LogP contribution in [-0.4, -0.2) is 17.9 Å². The molecule has 0 radical (unpaired) electrons. The average Bonchev–Trinajstić information content (AvgIpc) is 2.92. The maximum absolute atomic E-state index is 12.6. The van der Waals surface area contributed by atoms with E-state index in [4.69, 9.17) is 16.3 Å². The van der Waals surface area contributed by atoms with Crippen molar-refractivity contribution < 1.29 is 14.5 Å². The number of rotatable bonds is 4. The SMILES string of the molecule is COc1ccc2sc(C(=O)Nc3ccc([N+](=O)[O-])cc3C)c(Cl)c2c1. The molecule has 0 saturated carbocycles. The number of amides is 1. The number of nitrogens with one attached hydrogen (secondary N) is 1. The van der Waals surface area contributed by atoms with Crippen molar-refractivity contribution in [3.8, 4) is 5.75 Å². The maximum Gasteiger partial charge on any atom is 0.269 e. The summed E-state index contributed by atoms with van der Waals surface area (Å²) in [4.78, 5) is 23.3. The van der Waals surface area contributed by atoms with Gasteiger partial charge in [0, 0.05) is 27.9 Å². The van der Waals surface area contributed by atoms with Crippen LogP contribution in [0.3, 0.4) is 0 Å². The summed E-state index contributed by atoms with van der Waals surface area (Å²) in [6.45, 7) is 1.69. The van der Waals surface area contributed by atoms with E-state index in [9.17, 15) is 14.9 Å². The highest BCUT2D eigenvalue weighted by molar-refractivity contribution is 7.21. The van der Waals surface area contributed by atoms with Gasteiger partial charge in [-0.2, -0.15) is 0 Å². The number of nitrogens with zero attached hydrogens (tertiary/aromatic N) is 1. The van der Waals surface area contributed by atoms with Gasteiger partial charge in [-0.25, -0.2) is 0 Å². The molecular weight excluding hydrogens is 364 g/mol. The van der Waals surface area contributed by atoms with E-state index in [1.165, 1.54) is 29.5 Å². The number of nitro benzene ring substituents is 1. The summed E-state index contributed by atoms with van der Waals surface area (Å²) < 4.78 is 6.05. The lowest BCUT2D eigenvalue weighted by atomic mass is 10.1. The van der Waals surface area contributed by atoms with E-state index in [0.717, 1.165) is 10.1 Å². The molecule has 0 aliphatic rings. The Bertz CT molecular complexity index is 1000. The minimum absolute atomic E-state index is 0.0255. The van der Waals surface area contributed by atoms with Crippen LogP contribution in [-0.2, 0) is 0 Å². The highest BCUT2D eigenvalue weighted by atomic mass is 35.5. The van der Waals surface area contributed by atoms with Crippen LogP contribution >= 0.6 is 22.9 Å². The molecule has 3 rings (SSSR count). The number of aryl methyl sites for hydroxylation is 1. The van der Waals surface area contributed by atoms with E-state index in [1.54, 1.807) is 26.2 Å². The molecule has 0 fully saturated rings. The topological polar surface area (TPSA) is 81.5 Å². The van der Waals surface area contributed by atoms with Crippen LogP contribution < -0.4 is 10.1 Å². The van der Waals surface area contributed by atoms with Gasteiger partial charge in [-0.3, -0.25) is 14.9 Å². The zero-order valence-corrected chi connectivity index (χ0v) is 14.9. The second-order valence-corrected chi connectivity index (χ2v) is 6.75. The second kappa shape index (κ2) is 6.70. The van der Waals surface area contributed by atoms with E-state index in [-0.39, 0.29) is 11.6 Å². The number of halogens is 1. The number of methoxy groups -OCH3 is 1. The lowest BCUT2D eigenvalue weighted by Crippen LogP contribution is -2.11. The molecule has 0 aliphatic carbocycles. The summed E-state index contributed by atoms with van der Waals surface area (Å²) in [6.07, 6.45) is 0. The first-order chi connectivity index (χ1) is 11.9. The Kier molecular flexibility index (Phi) is 4.61. The molecule has 128 valence electrons. The number of carbonyl (C=O) groups excluding carboxylic acids is 1. The van der Waals surface area contributed by atoms with E-state index in [0.29, 0.717) is 26.9 Å². The Morgan fingerprint density at radius 1 is 1.28 bits per heavy atom. The predicted molar refractivity (Wildman–Crippen MR) is 99.2 cm³/mol. The summed E-state index contributed by atoms with van der Waals surface area (Å²) in [5.41, 5.74) is 1.07. The predicted octanol–water partition coefficient (Wildman–Crippen LogP) is 5.03. The van der Waals surface area contributed by atoms with Gasteiger partial charge in [-0.05, 0) is 36.8 Å². The van der Waals surface area contributed by atoms with Crippen molar-refractivity contribution in [2.24, 2.45) is 0 Å². The fourth-order valence-electron chi connectivity index (χ4n) is 2.40. The summed E-state index contributed by atoms with van der Waals surface area (Å²) in [5.74, 6) is 0.299. The molecule has 0 aliphatic heterocycles. The van der Waals surface area contributed by atoms with Crippen molar-refractivity contribution in [1.82, 2.24) is 0 Å². The Labute approximate surface area is 152 Å². The van der Waals surface area contributed by atoms with Crippen LogP contribution in [0.2, 0.25) is 5.02 Å². The lowest BCUT2D eigenvalue weighted by molar-refractivity contribution is -0.384. The van der Waals surface area contributed by atoms with Crippen molar-refractivity contribution >= 4 is 50.3 Å². The molecule has 8 heteroatoms. The van der Waals surface area contributed by atoms with E-state index in [2.05, 4.69) is 5.32 Å². The number of carbonyl (C=O) groups is 1. The largest absolute Gasteiger partial charge is 0.497 e. The first-order valence-electron chi connectivity index (χ1n) is 7.23. The van der Waals surface area contributed by atoms with Crippen LogP contribution in [0.5, 0.6) is 5.75 Å². The number of ether oxygens (including phenoxy) is 1. The number of thiophene rings is 1. The molecule has 2 aromatic carbocycles. The zero-order valence-electron chi connectivity index (χ0n) is 13.3. The van der Waals surface area contributed by atoms with Crippen molar-refractivity contribution in [2.75, 3.05) is 12.4 Å². The van der Waals surface area contributed by atoms with Gasteiger partial charge in [0.1, 0.15) is 10.6 Å². The van der Waals surface area contributed by atoms with Crippen molar-refractivity contribution in [3.05, 3.63) is 62.0 Å². The molecule has 25 heavy (non-hydrogen) atoms. The Balaban J connectivity index is 1.92. The fraction of sp³-hybridized carbons (Fsp3) is 0.118. The van der Waals surface area contributed by atoms with Gasteiger partial charge in [0.2, 0.25) is 0 Å². The lowest BCUT2D eigenvalue weighted by Gasteiger charge is -2.07. The van der Waals surface area contributed by atoms with Crippen LogP contribution in [0.4, 0.5) is 11.4 Å². The third-order valence-electron chi connectivity index (χ3n) is 3.71. The molecule has 1 aromatic heterocycles. The second-order valence-electron chi connectivity index (χ2n) is 5.32. The highest BCUT2D eigenvalue weighted by Crippen LogP contribution is 2.37. The van der Waals surface area contributed by atoms with Gasteiger partial charge in [0.15, 0.2) is 0 Å². The molecule has 0 saturated heterocycles. The molecule has 0 unspecified atom stereocenters. The molecule has 1 heterocycles. The number of non-ortho nitro benzene ring substituents is 1. The van der Waals surface area contributed by atoms with Crippen LogP contribution in [0.1, 0.15) is 15.2 Å². The van der Waals surface area contributed by atoms with Gasteiger partial charge in [-0.1, -0.05) is 11.6 Å². The van der Waals surface area contributed by atoms with Gasteiger partial charge in [0.05, 0.1) is 17.1 Å². The van der Waals surface area contributed by atoms with Gasteiger partial charge in [0.25, 0.3) is 11.6 Å². The minimum atomic E-state index is -0.477. The number of anilines is 1. The molecule has 1 N–H and O–H groups in total. The van der Waals surface area contributed by atoms with Gasteiger partial charge < -0.3 is 10.1 Å². The average molecular weight is 377 g/mol. The molecule has 0 spiro atoms. The maximum atomic E-state index is 12.6. The zero-order chi connectivity index (χ0) is 18.1. The standard InChI is InChI=1S/C17H13ClN2O4S/c1-9-7-10(20(22)23)3-5-13(9)19-17(21)16-15(18)12-8-11(24-2)4-6-14(12)25-16/h3-8H,1-2H3,(H,19,21). The molecular formula is C17H13ClN2O4S. The number of hydrogen-bond acceptors (Lipinski definition) is 5. The molecule has 3 aromatic rings. The van der Waals surface area contributed by atoms with Crippen LogP contribution in [0, 0.1) is 17.0 Å². The number of fused-ring (bicyclic) bond motifs is 1. The summed E-state index contributed by atoms with van der Waals surface area (Å²) >= 11 is 7.64. The van der Waals surface area contributed by atoms with Crippen molar-refractivity contribution in [3.63, 3.8) is 0 Å². The smallest absolute Gasteiger partial charge is 0.269 e. The molecule has 0 bridgehead atoms. The number of nitro groups is 1. The van der Waals surface area contributed by atoms with Crippen molar-refractivity contribution in [2.45, 2.75) is 6.92 Å². The fourth-order valence-corrected chi connectivity index (χ4v) is 3.78. The first-order valence-corrected chi connectivity index (χ1v) is 8.42. The van der Waals surface area contributed by atoms with Crippen molar-refractivity contribution in [1.29, 1.82) is 0 Å². The Hall–Kier alpha value is -2.64. The van der Waals surface area contributed by atoms with E-state index >= 15 is 0 Å². The molecule has 1 amide bonds. The summed E-state index contributed by atoms with van der Waals surface area (Å²) in [5, 5.41) is 14.7. The van der Waals surface area contributed by atoms with E-state index < -0.39 is 4.92 Å². The van der Waals surface area contributed by atoms with Gasteiger partial charge >= 0.3 is 0 Å². The highest BCUT2D eigenvalue weighted by Gasteiger charge is 2.19. The summed E-state index contributed by atoms with van der Waals surface area (Å²) in [7, 11) is 1.56. The molecule has 6 nitrogen and oxygen atoms in total. The molecule has 0 atom stereocenters. The van der Waals surface area contributed by atoms with E-state index in [1.807, 2.05) is 6.07 Å². The summed E-state index contributed by atoms with van der Waals surface area (Å²) in [6, 6.07) is 9.70. The van der Waals surface area contributed by atoms with Crippen LogP contribution in [0.15, 0.2) is 36.4 Å². The Morgan fingerprint density at radius 2 is 2.04 bits per heavy atom. The first kappa shape index (κ1) is 17.2. The Morgan fingerprint density at radius 3 is 2.68 bits per heavy atom. The van der Waals surface area contributed by atoms with Gasteiger partial charge in [-0.15, -0.1) is 11.3 Å². The van der Waals surface area contributed by atoms with Crippen LogP contribution in [0.25, 0.3) is 10.1 Å². The minimum Gasteiger partial charge on any atom is -0.497 e. The third kappa shape index (κ3) is 3.29. The quantitative estimate of drug-likeness (QED) is 0.511. The monoisotopic (exact) mass is 376 g/mol. The number of hydrogen-bond donors (Lipinski definition) is 1. The normalized spacial score (nSPS) is 10.7. The third-order valence-corrected chi connectivity index (χ3v) is 5.38. The number of benzene rings is 2.